The molecule has 3 aromatic carbocycles. The highest BCUT2D eigenvalue weighted by Gasteiger charge is 2.13. The molecule has 0 unspecified atom stereocenters. The molecular formula is C26H24N4O3. The van der Waals surface area contributed by atoms with Crippen molar-refractivity contribution in [2.45, 2.75) is 13.5 Å². The zero-order valence-corrected chi connectivity index (χ0v) is 18.2. The number of para-hydroxylation sites is 1. The largest absolute Gasteiger partial charge is 0.454 e. The fraction of sp³-hybridized carbons (Fsp3) is 0.154. The molecule has 2 heterocycles. The van der Waals surface area contributed by atoms with Crippen molar-refractivity contribution in [3.05, 3.63) is 89.6 Å². The molecule has 0 aliphatic carbocycles. The number of amides is 1. The number of nitrogens with one attached hydrogen (secondary N) is 2. The van der Waals surface area contributed by atoms with Crippen molar-refractivity contribution in [3.8, 4) is 11.5 Å². The number of carbonyl (C=O) groups excluding carboxylic acids is 1. The Labute approximate surface area is 191 Å². The summed E-state index contributed by atoms with van der Waals surface area (Å²) < 4.78 is 12.9. The van der Waals surface area contributed by atoms with Crippen LogP contribution in [0.5, 0.6) is 11.5 Å². The minimum absolute atomic E-state index is 0.0893. The Kier molecular flexibility index (Phi) is 5.68. The summed E-state index contributed by atoms with van der Waals surface area (Å²) in [6.45, 7) is 3.20. The lowest BCUT2D eigenvalue weighted by Gasteiger charge is -2.08. The van der Waals surface area contributed by atoms with Gasteiger partial charge in [-0.05, 0) is 36.2 Å². The third-order valence-electron chi connectivity index (χ3n) is 5.64. The normalized spacial score (nSPS) is 12.4. The fourth-order valence-electron chi connectivity index (χ4n) is 3.88. The van der Waals surface area contributed by atoms with Gasteiger partial charge in [0, 0.05) is 41.0 Å². The molecule has 0 spiro atoms. The minimum atomic E-state index is -0.243. The molecule has 0 radical (unpaired) electrons. The lowest BCUT2D eigenvalue weighted by Crippen LogP contribution is -2.25. The van der Waals surface area contributed by atoms with Crippen molar-refractivity contribution >= 4 is 28.7 Å². The lowest BCUT2D eigenvalue weighted by molar-refractivity contribution is -0.119. The number of anilines is 1. The van der Waals surface area contributed by atoms with Gasteiger partial charge < -0.3 is 19.4 Å². The van der Waals surface area contributed by atoms with Gasteiger partial charge in [0.25, 0.3) is 5.91 Å². The maximum Gasteiger partial charge on any atom is 0.259 e. The van der Waals surface area contributed by atoms with Crippen molar-refractivity contribution < 1.29 is 14.3 Å². The Hall–Kier alpha value is -4.26. The highest BCUT2D eigenvalue weighted by molar-refractivity contribution is 5.99. The van der Waals surface area contributed by atoms with E-state index < -0.39 is 0 Å². The number of aromatic nitrogens is 1. The van der Waals surface area contributed by atoms with E-state index in [4.69, 9.17) is 9.47 Å². The first kappa shape index (κ1) is 20.6. The molecule has 0 saturated heterocycles. The maximum absolute atomic E-state index is 12.2. The van der Waals surface area contributed by atoms with Crippen LogP contribution in [0.1, 0.15) is 16.7 Å². The number of aryl methyl sites for hydroxylation is 1. The van der Waals surface area contributed by atoms with Gasteiger partial charge in [0.15, 0.2) is 11.5 Å². The summed E-state index contributed by atoms with van der Waals surface area (Å²) in [6.07, 6.45) is 3.76. The molecular weight excluding hydrogens is 416 g/mol. The van der Waals surface area contributed by atoms with Crippen LogP contribution in [0.2, 0.25) is 0 Å². The van der Waals surface area contributed by atoms with Crippen molar-refractivity contribution in [1.29, 1.82) is 0 Å². The molecule has 33 heavy (non-hydrogen) atoms. The van der Waals surface area contributed by atoms with Crippen LogP contribution in [0.4, 0.5) is 5.69 Å². The molecule has 4 aromatic rings. The molecule has 1 amide bonds. The first-order valence-corrected chi connectivity index (χ1v) is 10.8. The predicted molar refractivity (Wildman–Crippen MR) is 129 cm³/mol. The zero-order valence-electron chi connectivity index (χ0n) is 18.2. The highest BCUT2D eigenvalue weighted by Crippen LogP contribution is 2.34. The van der Waals surface area contributed by atoms with Crippen LogP contribution in [0, 0.1) is 6.92 Å². The van der Waals surface area contributed by atoms with Crippen LogP contribution < -0.4 is 20.2 Å². The molecule has 0 atom stereocenters. The van der Waals surface area contributed by atoms with Crippen molar-refractivity contribution in [2.24, 2.45) is 5.10 Å². The van der Waals surface area contributed by atoms with Crippen molar-refractivity contribution in [3.63, 3.8) is 0 Å². The van der Waals surface area contributed by atoms with Crippen LogP contribution >= 0.6 is 0 Å². The number of hydrogen-bond acceptors (Lipinski definition) is 5. The number of ether oxygens (including phenoxy) is 2. The number of benzene rings is 3. The molecule has 0 fully saturated rings. The monoisotopic (exact) mass is 440 g/mol. The summed E-state index contributed by atoms with van der Waals surface area (Å²) in [6, 6.07) is 22.0. The number of hydrogen-bond donors (Lipinski definition) is 2. The topological polar surface area (TPSA) is 76.9 Å². The molecule has 1 aliphatic heterocycles. The van der Waals surface area contributed by atoms with Gasteiger partial charge in [-0.1, -0.05) is 42.5 Å². The number of nitrogens with zero attached hydrogens (tertiary/aromatic N) is 2. The summed E-state index contributed by atoms with van der Waals surface area (Å²) in [5.74, 6) is 1.13. The summed E-state index contributed by atoms with van der Waals surface area (Å²) in [7, 11) is 0. The van der Waals surface area contributed by atoms with E-state index in [1.165, 1.54) is 11.1 Å². The smallest absolute Gasteiger partial charge is 0.259 e. The average Bonchev–Trinajstić information content (AvgIpc) is 3.44. The first-order chi connectivity index (χ1) is 16.2. The van der Waals surface area contributed by atoms with E-state index in [0.29, 0.717) is 11.5 Å². The standard InChI is InChI=1S/C26H24N4O3/c1-18-6-2-3-7-19(18)15-30-16-20(22-8-4-5-9-23(22)30)13-28-29-26(31)14-27-21-10-11-24-25(12-21)33-17-32-24/h2-13,16,27H,14-15,17H2,1H3,(H,29,31)/b28-13-. The molecule has 2 N–H and O–H groups in total. The molecule has 5 rings (SSSR count). The van der Waals surface area contributed by atoms with Crippen LogP contribution in [0.15, 0.2) is 78.0 Å². The number of rotatable bonds is 7. The highest BCUT2D eigenvalue weighted by atomic mass is 16.7. The Morgan fingerprint density at radius 3 is 2.79 bits per heavy atom. The van der Waals surface area contributed by atoms with Crippen LogP contribution in [-0.2, 0) is 11.3 Å². The second-order valence-electron chi connectivity index (χ2n) is 7.87. The summed E-state index contributed by atoms with van der Waals surface area (Å²) in [5, 5.41) is 8.33. The van der Waals surface area contributed by atoms with Crippen molar-refractivity contribution in [2.75, 3.05) is 18.7 Å². The lowest BCUT2D eigenvalue weighted by atomic mass is 10.1. The molecule has 1 aromatic heterocycles. The second-order valence-corrected chi connectivity index (χ2v) is 7.87. The minimum Gasteiger partial charge on any atom is -0.454 e. The summed E-state index contributed by atoms with van der Waals surface area (Å²) >= 11 is 0. The number of fused-ring (bicyclic) bond motifs is 2. The first-order valence-electron chi connectivity index (χ1n) is 10.8. The summed E-state index contributed by atoms with van der Waals surface area (Å²) in [4.78, 5) is 12.2. The predicted octanol–water partition coefficient (Wildman–Crippen LogP) is 4.29. The van der Waals surface area contributed by atoms with Gasteiger partial charge in [-0.15, -0.1) is 0 Å². The van der Waals surface area contributed by atoms with Crippen LogP contribution in [0.3, 0.4) is 0 Å². The molecule has 1 aliphatic rings. The molecule has 7 nitrogen and oxygen atoms in total. The number of hydrazone groups is 1. The Balaban J connectivity index is 1.24. The fourth-order valence-corrected chi connectivity index (χ4v) is 3.88. The van der Waals surface area contributed by atoms with E-state index in [9.17, 15) is 4.79 Å². The van der Waals surface area contributed by atoms with Crippen LogP contribution in [-0.4, -0.2) is 30.0 Å². The van der Waals surface area contributed by atoms with Crippen LogP contribution in [0.25, 0.3) is 10.9 Å². The van der Waals surface area contributed by atoms with Gasteiger partial charge in [0.2, 0.25) is 6.79 Å². The van der Waals surface area contributed by atoms with Gasteiger partial charge in [0.1, 0.15) is 0 Å². The van der Waals surface area contributed by atoms with Crippen molar-refractivity contribution in [1.82, 2.24) is 9.99 Å². The quantitative estimate of drug-likeness (QED) is 0.332. The van der Waals surface area contributed by atoms with E-state index in [2.05, 4.69) is 69.9 Å². The average molecular weight is 441 g/mol. The van der Waals surface area contributed by atoms with E-state index in [1.54, 1.807) is 6.21 Å². The summed E-state index contributed by atoms with van der Waals surface area (Å²) in [5.41, 5.74) is 7.96. The molecule has 0 bridgehead atoms. The second kappa shape index (κ2) is 9.08. The van der Waals surface area contributed by atoms with Gasteiger partial charge in [0.05, 0.1) is 12.8 Å². The van der Waals surface area contributed by atoms with Gasteiger partial charge in [-0.3, -0.25) is 4.79 Å². The Morgan fingerprint density at radius 1 is 1.06 bits per heavy atom. The van der Waals surface area contributed by atoms with E-state index >= 15 is 0 Å². The maximum atomic E-state index is 12.2. The van der Waals surface area contributed by atoms with E-state index in [-0.39, 0.29) is 19.2 Å². The zero-order chi connectivity index (χ0) is 22.6. The van der Waals surface area contributed by atoms with E-state index in [0.717, 1.165) is 28.7 Å². The van der Waals surface area contributed by atoms with Gasteiger partial charge in [-0.2, -0.15) is 5.10 Å². The van der Waals surface area contributed by atoms with Gasteiger partial charge in [-0.25, -0.2) is 5.43 Å². The van der Waals surface area contributed by atoms with Gasteiger partial charge >= 0.3 is 0 Å². The third-order valence-corrected chi connectivity index (χ3v) is 5.64. The Bertz CT molecular complexity index is 1340. The molecule has 7 heteroatoms. The third kappa shape index (κ3) is 4.52. The molecule has 0 saturated carbocycles. The van der Waals surface area contributed by atoms with E-state index in [1.807, 2.05) is 30.3 Å². The number of carbonyl (C=O) groups is 1. The molecule has 166 valence electrons. The SMILES string of the molecule is Cc1ccccc1Cn1cc(/C=N\NC(=O)CNc2ccc3c(c2)OCO3)c2ccccc21. The Morgan fingerprint density at radius 2 is 1.88 bits per heavy atom.